The molecule has 18 heavy (non-hydrogen) atoms. The summed E-state index contributed by atoms with van der Waals surface area (Å²) in [6, 6.07) is -0.110. The van der Waals surface area contributed by atoms with Crippen LogP contribution in [-0.2, 0) is 0 Å². The van der Waals surface area contributed by atoms with Crippen LogP contribution in [0.1, 0.15) is 46.5 Å². The largest absolute Gasteiger partial charge is 0.396 e. The monoisotopic (exact) mass is 256 g/mol. The second-order valence-electron chi connectivity index (χ2n) is 5.94. The van der Waals surface area contributed by atoms with Crippen LogP contribution < -0.4 is 10.6 Å². The molecule has 4 atom stereocenters. The lowest BCUT2D eigenvalue weighted by Gasteiger charge is -2.27. The zero-order valence-corrected chi connectivity index (χ0v) is 11.9. The molecule has 3 N–H and O–H groups in total. The molecule has 0 heterocycles. The van der Waals surface area contributed by atoms with Crippen molar-refractivity contribution in [3.63, 3.8) is 0 Å². The van der Waals surface area contributed by atoms with Crippen LogP contribution >= 0.6 is 0 Å². The Kier molecular flexibility index (Phi) is 6.47. The zero-order valence-electron chi connectivity index (χ0n) is 11.9. The number of hydrogen-bond acceptors (Lipinski definition) is 2. The molecule has 0 aromatic carbocycles. The summed E-state index contributed by atoms with van der Waals surface area (Å²) in [5, 5.41) is 14.8. The number of carbonyl (C=O) groups excluding carboxylic acids is 1. The molecule has 0 spiro atoms. The minimum absolute atomic E-state index is 0.000259. The Morgan fingerprint density at radius 2 is 2.11 bits per heavy atom. The van der Waals surface area contributed by atoms with E-state index in [0.717, 1.165) is 12.5 Å². The van der Waals surface area contributed by atoms with E-state index in [4.69, 9.17) is 5.11 Å². The molecular formula is C14H28N2O2. The summed E-state index contributed by atoms with van der Waals surface area (Å²) in [5.41, 5.74) is 0. The van der Waals surface area contributed by atoms with Gasteiger partial charge in [-0.25, -0.2) is 4.79 Å². The lowest BCUT2D eigenvalue weighted by Crippen LogP contribution is -2.45. The first-order valence-corrected chi connectivity index (χ1v) is 7.18. The molecular weight excluding hydrogens is 228 g/mol. The molecule has 1 fully saturated rings. The summed E-state index contributed by atoms with van der Waals surface area (Å²) in [4.78, 5) is 11.7. The number of rotatable bonds is 5. The van der Waals surface area contributed by atoms with Gasteiger partial charge in [-0.3, -0.25) is 0 Å². The predicted molar refractivity (Wildman–Crippen MR) is 73.4 cm³/mol. The minimum Gasteiger partial charge on any atom is -0.396 e. The lowest BCUT2D eigenvalue weighted by atomic mass is 9.82. The molecule has 1 rings (SSSR count). The van der Waals surface area contributed by atoms with Gasteiger partial charge in [0.1, 0.15) is 0 Å². The van der Waals surface area contributed by atoms with Crippen molar-refractivity contribution in [2.45, 2.75) is 52.5 Å². The second kappa shape index (κ2) is 7.62. The van der Waals surface area contributed by atoms with E-state index in [1.807, 2.05) is 13.8 Å². The van der Waals surface area contributed by atoms with E-state index < -0.39 is 0 Å². The van der Waals surface area contributed by atoms with Gasteiger partial charge in [-0.1, -0.05) is 26.7 Å². The Balaban J connectivity index is 2.20. The van der Waals surface area contributed by atoms with E-state index in [9.17, 15) is 4.79 Å². The van der Waals surface area contributed by atoms with Crippen molar-refractivity contribution in [1.29, 1.82) is 0 Å². The number of carbonyl (C=O) groups is 1. The maximum Gasteiger partial charge on any atom is 0.315 e. The summed E-state index contributed by atoms with van der Waals surface area (Å²) >= 11 is 0. The smallest absolute Gasteiger partial charge is 0.315 e. The number of aliphatic hydroxyl groups excluding tert-OH is 1. The molecule has 1 aliphatic rings. The van der Waals surface area contributed by atoms with Gasteiger partial charge in [0.2, 0.25) is 0 Å². The Hall–Kier alpha value is -0.770. The van der Waals surface area contributed by atoms with Crippen molar-refractivity contribution in [3.05, 3.63) is 0 Å². The fourth-order valence-corrected chi connectivity index (χ4v) is 2.54. The van der Waals surface area contributed by atoms with Crippen molar-refractivity contribution < 1.29 is 9.90 Å². The molecule has 4 heteroatoms. The Bertz CT molecular complexity index is 258. The molecule has 106 valence electrons. The first-order valence-electron chi connectivity index (χ1n) is 7.18. The van der Waals surface area contributed by atoms with E-state index >= 15 is 0 Å². The molecule has 1 saturated carbocycles. The number of urea groups is 1. The predicted octanol–water partition coefficient (Wildman–Crippen LogP) is 2.13. The van der Waals surface area contributed by atoms with Crippen LogP contribution in [0.25, 0.3) is 0 Å². The molecule has 4 nitrogen and oxygen atoms in total. The van der Waals surface area contributed by atoms with E-state index in [1.165, 1.54) is 25.7 Å². The highest BCUT2D eigenvalue weighted by Gasteiger charge is 2.20. The van der Waals surface area contributed by atoms with Gasteiger partial charge in [0.05, 0.1) is 0 Å². The van der Waals surface area contributed by atoms with Gasteiger partial charge in [0, 0.05) is 19.2 Å². The Morgan fingerprint density at radius 3 is 2.72 bits per heavy atom. The average Bonchev–Trinajstić information content (AvgIpc) is 2.35. The zero-order chi connectivity index (χ0) is 13.5. The molecule has 4 unspecified atom stereocenters. The van der Waals surface area contributed by atoms with Crippen molar-refractivity contribution in [3.8, 4) is 0 Å². The number of aliphatic hydroxyl groups is 1. The highest BCUT2D eigenvalue weighted by Crippen LogP contribution is 2.27. The first-order chi connectivity index (χ1) is 8.52. The second-order valence-corrected chi connectivity index (χ2v) is 5.94. The molecule has 0 aliphatic heterocycles. The molecule has 0 saturated heterocycles. The standard InChI is InChI=1S/C14H28N2O2/c1-10-5-4-6-13(7-10)8-15-14(18)16-12(3)11(2)9-17/h10-13,17H,4-9H2,1-3H3,(H2,15,16,18). The number of hydrogen-bond donors (Lipinski definition) is 3. The van der Waals surface area contributed by atoms with Crippen molar-refractivity contribution in [2.75, 3.05) is 13.2 Å². The topological polar surface area (TPSA) is 61.4 Å². The summed E-state index contributed by atoms with van der Waals surface area (Å²) in [7, 11) is 0. The first kappa shape index (κ1) is 15.3. The maximum atomic E-state index is 11.7. The summed E-state index contributed by atoms with van der Waals surface area (Å²) in [6.45, 7) is 7.01. The minimum atomic E-state index is -0.110. The summed E-state index contributed by atoms with van der Waals surface area (Å²) in [6.07, 6.45) is 5.07. The fourth-order valence-electron chi connectivity index (χ4n) is 2.54. The molecule has 2 amide bonds. The lowest BCUT2D eigenvalue weighted by molar-refractivity contribution is 0.198. The summed E-state index contributed by atoms with van der Waals surface area (Å²) in [5.74, 6) is 1.51. The van der Waals surface area contributed by atoms with Crippen LogP contribution in [0.4, 0.5) is 4.79 Å². The molecule has 1 aliphatic carbocycles. The van der Waals surface area contributed by atoms with Gasteiger partial charge in [0.25, 0.3) is 0 Å². The quantitative estimate of drug-likeness (QED) is 0.705. The molecule has 0 aromatic heterocycles. The average molecular weight is 256 g/mol. The third kappa shape index (κ3) is 5.25. The fraction of sp³-hybridized carbons (Fsp3) is 0.929. The van der Waals surface area contributed by atoms with E-state index in [2.05, 4.69) is 17.6 Å². The number of nitrogens with one attached hydrogen (secondary N) is 2. The van der Waals surface area contributed by atoms with Crippen LogP contribution in [0.3, 0.4) is 0 Å². The van der Waals surface area contributed by atoms with Crippen molar-refractivity contribution in [1.82, 2.24) is 10.6 Å². The van der Waals surface area contributed by atoms with Gasteiger partial charge >= 0.3 is 6.03 Å². The molecule has 0 radical (unpaired) electrons. The van der Waals surface area contributed by atoms with Gasteiger partial charge < -0.3 is 15.7 Å². The van der Waals surface area contributed by atoms with Crippen LogP contribution in [0, 0.1) is 17.8 Å². The van der Waals surface area contributed by atoms with Gasteiger partial charge in [-0.05, 0) is 37.5 Å². The van der Waals surface area contributed by atoms with Crippen LogP contribution in [0.2, 0.25) is 0 Å². The van der Waals surface area contributed by atoms with Gasteiger partial charge in [0.15, 0.2) is 0 Å². The third-order valence-corrected chi connectivity index (χ3v) is 4.10. The SMILES string of the molecule is CC1CCCC(CNC(=O)NC(C)C(C)CO)C1. The van der Waals surface area contributed by atoms with Gasteiger partial charge in [-0.2, -0.15) is 0 Å². The molecule has 0 bridgehead atoms. The third-order valence-electron chi connectivity index (χ3n) is 4.10. The normalized spacial score (nSPS) is 27.3. The van der Waals surface area contributed by atoms with Crippen LogP contribution in [0.5, 0.6) is 0 Å². The van der Waals surface area contributed by atoms with E-state index in [-0.39, 0.29) is 24.6 Å². The summed E-state index contributed by atoms with van der Waals surface area (Å²) < 4.78 is 0. The van der Waals surface area contributed by atoms with Crippen LogP contribution in [0.15, 0.2) is 0 Å². The van der Waals surface area contributed by atoms with Crippen molar-refractivity contribution >= 4 is 6.03 Å². The van der Waals surface area contributed by atoms with Gasteiger partial charge in [-0.15, -0.1) is 0 Å². The highest BCUT2D eigenvalue weighted by atomic mass is 16.3. The molecule has 0 aromatic rings. The number of amides is 2. The van der Waals surface area contributed by atoms with E-state index in [1.54, 1.807) is 0 Å². The van der Waals surface area contributed by atoms with Crippen molar-refractivity contribution in [2.24, 2.45) is 17.8 Å². The Morgan fingerprint density at radius 1 is 1.39 bits per heavy atom. The van der Waals surface area contributed by atoms with Crippen LogP contribution in [-0.4, -0.2) is 30.3 Å². The maximum absolute atomic E-state index is 11.7. The highest BCUT2D eigenvalue weighted by molar-refractivity contribution is 5.74. The van der Waals surface area contributed by atoms with E-state index in [0.29, 0.717) is 5.92 Å². The Labute approximate surface area is 111 Å².